The SMILES string of the molecule is CCOc1ccc(NC(=O)Nc2nccn(-c3cccc(OC)c3)c2=O)cc1. The molecule has 0 aliphatic heterocycles. The van der Waals surface area contributed by atoms with Gasteiger partial charge in [-0.3, -0.25) is 14.7 Å². The van der Waals surface area contributed by atoms with Gasteiger partial charge in [0.05, 0.1) is 19.4 Å². The third-order valence-electron chi connectivity index (χ3n) is 3.83. The first-order chi connectivity index (χ1) is 13.6. The van der Waals surface area contributed by atoms with Crippen LogP contribution in [0.4, 0.5) is 16.3 Å². The normalized spacial score (nSPS) is 10.2. The van der Waals surface area contributed by atoms with E-state index in [0.717, 1.165) is 0 Å². The fourth-order valence-electron chi connectivity index (χ4n) is 2.53. The van der Waals surface area contributed by atoms with Gasteiger partial charge < -0.3 is 14.8 Å². The van der Waals surface area contributed by atoms with Crippen LogP contribution < -0.4 is 25.7 Å². The highest BCUT2D eigenvalue weighted by molar-refractivity contribution is 5.99. The van der Waals surface area contributed by atoms with Crippen LogP contribution in [0.25, 0.3) is 5.69 Å². The van der Waals surface area contributed by atoms with Gasteiger partial charge in [0.1, 0.15) is 11.5 Å². The van der Waals surface area contributed by atoms with Crippen molar-refractivity contribution in [3.63, 3.8) is 0 Å². The topological polar surface area (TPSA) is 94.5 Å². The van der Waals surface area contributed by atoms with Crippen molar-refractivity contribution in [3.8, 4) is 17.2 Å². The fraction of sp³-hybridized carbons (Fsp3) is 0.150. The molecule has 0 saturated carbocycles. The van der Waals surface area contributed by atoms with Crippen molar-refractivity contribution >= 4 is 17.5 Å². The molecule has 0 fully saturated rings. The molecule has 0 aliphatic carbocycles. The van der Waals surface area contributed by atoms with Crippen LogP contribution in [-0.4, -0.2) is 29.3 Å². The first-order valence-electron chi connectivity index (χ1n) is 8.63. The van der Waals surface area contributed by atoms with Gasteiger partial charge in [0.25, 0.3) is 5.56 Å². The summed E-state index contributed by atoms with van der Waals surface area (Å²) in [4.78, 5) is 28.9. The van der Waals surface area contributed by atoms with E-state index in [9.17, 15) is 9.59 Å². The van der Waals surface area contributed by atoms with Crippen molar-refractivity contribution in [2.75, 3.05) is 24.4 Å². The second-order valence-electron chi connectivity index (χ2n) is 5.69. The van der Waals surface area contributed by atoms with Crippen LogP contribution in [0.5, 0.6) is 11.5 Å². The third kappa shape index (κ3) is 4.47. The van der Waals surface area contributed by atoms with Crippen LogP contribution in [0.15, 0.2) is 65.7 Å². The van der Waals surface area contributed by atoms with E-state index in [-0.39, 0.29) is 5.82 Å². The molecule has 0 atom stereocenters. The average Bonchev–Trinajstić information content (AvgIpc) is 2.71. The lowest BCUT2D eigenvalue weighted by molar-refractivity contribution is 0.262. The summed E-state index contributed by atoms with van der Waals surface area (Å²) in [6, 6.07) is 13.3. The van der Waals surface area contributed by atoms with Gasteiger partial charge in [0.15, 0.2) is 0 Å². The van der Waals surface area contributed by atoms with Crippen molar-refractivity contribution < 1.29 is 14.3 Å². The standard InChI is InChI=1S/C20H20N4O4/c1-3-28-16-9-7-14(8-10-16)22-20(26)23-18-19(25)24(12-11-21-18)15-5-4-6-17(13-15)27-2/h4-13H,3H2,1-2H3,(H2,21,22,23,26). The van der Waals surface area contributed by atoms with Gasteiger partial charge in [-0.15, -0.1) is 0 Å². The first-order valence-corrected chi connectivity index (χ1v) is 8.63. The number of aromatic nitrogens is 2. The summed E-state index contributed by atoms with van der Waals surface area (Å²) in [7, 11) is 1.55. The van der Waals surface area contributed by atoms with Gasteiger partial charge in [-0.2, -0.15) is 0 Å². The fourth-order valence-corrected chi connectivity index (χ4v) is 2.53. The Morgan fingerprint density at radius 2 is 1.89 bits per heavy atom. The van der Waals surface area contributed by atoms with Crippen LogP contribution in [-0.2, 0) is 0 Å². The van der Waals surface area contributed by atoms with Gasteiger partial charge in [0.2, 0.25) is 5.82 Å². The van der Waals surface area contributed by atoms with Gasteiger partial charge in [-0.1, -0.05) is 6.07 Å². The molecule has 2 aromatic carbocycles. The van der Waals surface area contributed by atoms with E-state index < -0.39 is 11.6 Å². The van der Waals surface area contributed by atoms with Crippen LogP contribution in [0.3, 0.4) is 0 Å². The molecule has 3 aromatic rings. The maximum absolute atomic E-state index is 12.7. The van der Waals surface area contributed by atoms with E-state index in [1.54, 1.807) is 55.6 Å². The van der Waals surface area contributed by atoms with E-state index in [2.05, 4.69) is 15.6 Å². The van der Waals surface area contributed by atoms with Gasteiger partial charge in [-0.05, 0) is 43.3 Å². The smallest absolute Gasteiger partial charge is 0.325 e. The summed E-state index contributed by atoms with van der Waals surface area (Å²) >= 11 is 0. The van der Waals surface area contributed by atoms with Crippen molar-refractivity contribution in [2.45, 2.75) is 6.92 Å². The Morgan fingerprint density at radius 3 is 2.61 bits per heavy atom. The maximum Gasteiger partial charge on any atom is 0.325 e. The first kappa shape index (κ1) is 19.0. The number of hydrogen-bond donors (Lipinski definition) is 2. The maximum atomic E-state index is 12.7. The Labute approximate surface area is 161 Å². The molecule has 0 radical (unpaired) electrons. The zero-order valence-corrected chi connectivity index (χ0v) is 15.5. The number of rotatable bonds is 6. The highest BCUT2D eigenvalue weighted by Crippen LogP contribution is 2.16. The lowest BCUT2D eigenvalue weighted by Crippen LogP contribution is -2.28. The number of benzene rings is 2. The number of nitrogens with zero attached hydrogens (tertiary/aromatic N) is 2. The second kappa shape index (κ2) is 8.72. The molecule has 0 spiro atoms. The number of carbonyl (C=O) groups excluding carboxylic acids is 1. The van der Waals surface area contributed by atoms with E-state index in [1.165, 1.54) is 17.0 Å². The summed E-state index contributed by atoms with van der Waals surface area (Å²) in [6.07, 6.45) is 2.96. The number of hydrogen-bond acceptors (Lipinski definition) is 5. The summed E-state index contributed by atoms with van der Waals surface area (Å²) in [5, 5.41) is 5.13. The van der Waals surface area contributed by atoms with Gasteiger partial charge in [0, 0.05) is 24.1 Å². The minimum absolute atomic E-state index is 0.0891. The average molecular weight is 380 g/mol. The minimum atomic E-state index is -0.572. The lowest BCUT2D eigenvalue weighted by Gasteiger charge is -2.10. The molecule has 0 bridgehead atoms. The molecule has 8 heteroatoms. The van der Waals surface area contributed by atoms with E-state index in [0.29, 0.717) is 29.5 Å². The van der Waals surface area contributed by atoms with Crippen LogP contribution in [0.1, 0.15) is 6.92 Å². The number of urea groups is 1. The number of nitrogens with one attached hydrogen (secondary N) is 2. The Kier molecular flexibility index (Phi) is 5.91. The minimum Gasteiger partial charge on any atom is -0.497 e. The van der Waals surface area contributed by atoms with Crippen molar-refractivity contribution in [1.29, 1.82) is 0 Å². The Balaban J connectivity index is 1.75. The summed E-state index contributed by atoms with van der Waals surface area (Å²) < 4.78 is 11.9. The summed E-state index contributed by atoms with van der Waals surface area (Å²) in [5.41, 5.74) is 0.698. The summed E-state index contributed by atoms with van der Waals surface area (Å²) in [6.45, 7) is 2.46. The Hall–Kier alpha value is -3.81. The second-order valence-corrected chi connectivity index (χ2v) is 5.69. The molecule has 0 unspecified atom stereocenters. The molecule has 8 nitrogen and oxygen atoms in total. The van der Waals surface area contributed by atoms with E-state index >= 15 is 0 Å². The van der Waals surface area contributed by atoms with Gasteiger partial charge >= 0.3 is 6.03 Å². The van der Waals surface area contributed by atoms with Crippen LogP contribution in [0, 0.1) is 0 Å². The van der Waals surface area contributed by atoms with Crippen LogP contribution in [0.2, 0.25) is 0 Å². The molecule has 28 heavy (non-hydrogen) atoms. The number of anilines is 2. The number of ether oxygens (including phenoxy) is 2. The van der Waals surface area contributed by atoms with Gasteiger partial charge in [-0.25, -0.2) is 9.78 Å². The van der Waals surface area contributed by atoms with Crippen molar-refractivity contribution in [1.82, 2.24) is 9.55 Å². The Morgan fingerprint density at radius 1 is 1.11 bits per heavy atom. The zero-order chi connectivity index (χ0) is 19.9. The van der Waals surface area contributed by atoms with Crippen molar-refractivity contribution in [3.05, 3.63) is 71.3 Å². The van der Waals surface area contributed by atoms with E-state index in [4.69, 9.17) is 9.47 Å². The number of methoxy groups -OCH3 is 1. The molecule has 144 valence electrons. The number of amides is 2. The molecule has 1 aromatic heterocycles. The highest BCUT2D eigenvalue weighted by atomic mass is 16.5. The Bertz CT molecular complexity index is 1020. The molecular formula is C20H20N4O4. The zero-order valence-electron chi connectivity index (χ0n) is 15.5. The monoisotopic (exact) mass is 380 g/mol. The van der Waals surface area contributed by atoms with Crippen LogP contribution >= 0.6 is 0 Å². The lowest BCUT2D eigenvalue weighted by atomic mass is 10.3. The molecular weight excluding hydrogens is 360 g/mol. The van der Waals surface area contributed by atoms with E-state index in [1.807, 2.05) is 6.92 Å². The quantitative estimate of drug-likeness (QED) is 0.684. The third-order valence-corrected chi connectivity index (χ3v) is 3.83. The highest BCUT2D eigenvalue weighted by Gasteiger charge is 2.11. The predicted octanol–water partition coefficient (Wildman–Crippen LogP) is 3.28. The molecule has 3 rings (SSSR count). The molecule has 1 heterocycles. The molecule has 0 aliphatic rings. The van der Waals surface area contributed by atoms with Crippen molar-refractivity contribution in [2.24, 2.45) is 0 Å². The molecule has 2 amide bonds. The number of carbonyl (C=O) groups is 1. The molecule has 2 N–H and O–H groups in total. The molecule has 0 saturated heterocycles. The largest absolute Gasteiger partial charge is 0.497 e. The predicted molar refractivity (Wildman–Crippen MR) is 107 cm³/mol. The summed E-state index contributed by atoms with van der Waals surface area (Å²) in [5.74, 6) is 1.23.